The van der Waals surface area contributed by atoms with Gasteiger partial charge in [0.05, 0.1) is 5.92 Å². The molecule has 1 fully saturated rings. The molecule has 5 heteroatoms. The molecule has 0 aromatic rings. The van der Waals surface area contributed by atoms with Crippen LogP contribution in [0.2, 0.25) is 0 Å². The Bertz CT molecular complexity index is 364. The van der Waals surface area contributed by atoms with Crippen molar-refractivity contribution in [3.63, 3.8) is 0 Å². The van der Waals surface area contributed by atoms with E-state index in [1.165, 1.54) is 57.8 Å². The van der Waals surface area contributed by atoms with Crippen LogP contribution in [0.1, 0.15) is 78.1 Å². The first kappa shape index (κ1) is 23.6. The van der Waals surface area contributed by atoms with Crippen LogP contribution in [0.25, 0.3) is 0 Å². The molecule has 0 unspecified atom stereocenters. The van der Waals surface area contributed by atoms with Crippen molar-refractivity contribution in [1.29, 1.82) is 0 Å². The van der Waals surface area contributed by atoms with Gasteiger partial charge in [-0.2, -0.15) is 0 Å². The van der Waals surface area contributed by atoms with Gasteiger partial charge in [0.2, 0.25) is 0 Å². The van der Waals surface area contributed by atoms with Crippen LogP contribution >= 0.6 is 35.3 Å². The highest BCUT2D eigenvalue weighted by Crippen LogP contribution is 2.55. The molecule has 0 aromatic carbocycles. The zero-order valence-corrected chi connectivity index (χ0v) is 19.3. The second-order valence-corrected chi connectivity index (χ2v) is 11.1. The number of esters is 1. The summed E-state index contributed by atoms with van der Waals surface area (Å²) in [5.41, 5.74) is 0. The van der Waals surface area contributed by atoms with Crippen molar-refractivity contribution in [1.82, 2.24) is 0 Å². The number of hydrogen-bond donors (Lipinski definition) is 0. The SMILES string of the molecule is CCCCCCCCCCC[C@@H]1OC(=O)[C@H](C)[C@H]1C(SC)(SC)SC. The molecule has 0 spiro atoms. The van der Waals surface area contributed by atoms with Crippen molar-refractivity contribution < 1.29 is 9.53 Å². The van der Waals surface area contributed by atoms with E-state index in [0.29, 0.717) is 5.92 Å². The molecule has 25 heavy (non-hydrogen) atoms. The largest absolute Gasteiger partial charge is 0.462 e. The summed E-state index contributed by atoms with van der Waals surface area (Å²) in [7, 11) is 0. The van der Waals surface area contributed by atoms with Crippen molar-refractivity contribution >= 4 is 41.3 Å². The molecular formula is C20H38O2S3. The van der Waals surface area contributed by atoms with Gasteiger partial charge in [-0.15, -0.1) is 35.3 Å². The molecule has 1 aliphatic rings. The maximum Gasteiger partial charge on any atom is 0.309 e. The van der Waals surface area contributed by atoms with E-state index >= 15 is 0 Å². The number of cyclic esters (lactones) is 1. The summed E-state index contributed by atoms with van der Waals surface area (Å²) in [5, 5.41) is 0. The van der Waals surface area contributed by atoms with Crippen LogP contribution in [-0.2, 0) is 9.53 Å². The smallest absolute Gasteiger partial charge is 0.309 e. The summed E-state index contributed by atoms with van der Waals surface area (Å²) in [6.45, 7) is 4.32. The first-order valence-corrected chi connectivity index (χ1v) is 13.6. The topological polar surface area (TPSA) is 26.3 Å². The summed E-state index contributed by atoms with van der Waals surface area (Å²) in [6, 6.07) is 0. The Morgan fingerprint density at radius 1 is 0.880 bits per heavy atom. The number of hydrogen-bond acceptors (Lipinski definition) is 5. The van der Waals surface area contributed by atoms with Gasteiger partial charge >= 0.3 is 5.97 Å². The number of carbonyl (C=O) groups is 1. The molecule has 2 nitrogen and oxygen atoms in total. The van der Waals surface area contributed by atoms with Gasteiger partial charge < -0.3 is 4.74 Å². The molecule has 0 aliphatic carbocycles. The molecule has 1 saturated heterocycles. The number of thioether (sulfide) groups is 3. The minimum Gasteiger partial charge on any atom is -0.462 e. The monoisotopic (exact) mass is 406 g/mol. The molecule has 1 heterocycles. The Morgan fingerprint density at radius 2 is 1.36 bits per heavy atom. The molecule has 0 radical (unpaired) electrons. The van der Waals surface area contributed by atoms with E-state index in [0.717, 1.165) is 6.42 Å². The number of rotatable bonds is 14. The first-order chi connectivity index (χ1) is 12.1. The van der Waals surface area contributed by atoms with E-state index in [2.05, 4.69) is 32.6 Å². The third-order valence-electron chi connectivity index (χ3n) is 5.43. The van der Waals surface area contributed by atoms with Gasteiger partial charge in [0.1, 0.15) is 9.52 Å². The Hall–Kier alpha value is 0.520. The maximum atomic E-state index is 12.2. The second kappa shape index (κ2) is 12.8. The third kappa shape index (κ3) is 6.88. The van der Waals surface area contributed by atoms with E-state index in [1.54, 1.807) is 0 Å². The fraction of sp³-hybridized carbons (Fsp3) is 0.950. The number of unbranched alkanes of at least 4 members (excludes halogenated alkanes) is 8. The zero-order chi connectivity index (χ0) is 18.7. The fourth-order valence-corrected chi connectivity index (χ4v) is 7.77. The quantitative estimate of drug-likeness (QED) is 0.179. The van der Waals surface area contributed by atoms with Gasteiger partial charge in [0.25, 0.3) is 0 Å². The Morgan fingerprint density at radius 3 is 1.84 bits per heavy atom. The van der Waals surface area contributed by atoms with Crippen molar-refractivity contribution in [3.8, 4) is 0 Å². The lowest BCUT2D eigenvalue weighted by atomic mass is 9.90. The number of carbonyl (C=O) groups excluding carboxylic acids is 1. The van der Waals surface area contributed by atoms with Crippen LogP contribution in [0.15, 0.2) is 0 Å². The average molecular weight is 407 g/mol. The average Bonchev–Trinajstić information content (AvgIpc) is 2.91. The lowest BCUT2D eigenvalue weighted by Crippen LogP contribution is -2.37. The molecule has 1 aliphatic heterocycles. The van der Waals surface area contributed by atoms with Crippen molar-refractivity contribution in [2.24, 2.45) is 11.8 Å². The van der Waals surface area contributed by atoms with Crippen LogP contribution in [0, 0.1) is 11.8 Å². The minimum absolute atomic E-state index is 0.00690. The molecular weight excluding hydrogens is 368 g/mol. The van der Waals surface area contributed by atoms with Crippen molar-refractivity contribution in [2.75, 3.05) is 18.8 Å². The third-order valence-corrected chi connectivity index (χ3v) is 11.0. The summed E-state index contributed by atoms with van der Waals surface area (Å²) in [6.07, 6.45) is 19.6. The second-order valence-electron chi connectivity index (χ2n) is 7.12. The van der Waals surface area contributed by atoms with Crippen LogP contribution < -0.4 is 0 Å². The highest BCUT2D eigenvalue weighted by molar-refractivity contribution is 8.33. The van der Waals surface area contributed by atoms with Gasteiger partial charge in [-0.1, -0.05) is 65.2 Å². The highest BCUT2D eigenvalue weighted by atomic mass is 32.3. The molecule has 3 atom stereocenters. The zero-order valence-electron chi connectivity index (χ0n) is 16.8. The Labute approximate surface area is 168 Å². The van der Waals surface area contributed by atoms with Gasteiger partial charge in [0.15, 0.2) is 0 Å². The molecule has 0 bridgehead atoms. The Kier molecular flexibility index (Phi) is 12.1. The van der Waals surface area contributed by atoms with Crippen LogP contribution in [0.3, 0.4) is 0 Å². The highest BCUT2D eigenvalue weighted by Gasteiger charge is 2.53. The van der Waals surface area contributed by atoms with Gasteiger partial charge in [-0.25, -0.2) is 0 Å². The van der Waals surface area contributed by atoms with Gasteiger partial charge in [-0.3, -0.25) is 4.79 Å². The van der Waals surface area contributed by atoms with E-state index < -0.39 is 0 Å². The van der Waals surface area contributed by atoms with E-state index in [4.69, 9.17) is 4.74 Å². The van der Waals surface area contributed by atoms with Crippen LogP contribution in [-0.4, -0.2) is 34.3 Å². The molecule has 0 aromatic heterocycles. The lowest BCUT2D eigenvalue weighted by Gasteiger charge is -2.37. The maximum absolute atomic E-state index is 12.2. The summed E-state index contributed by atoms with van der Waals surface area (Å²) >= 11 is 5.62. The van der Waals surface area contributed by atoms with Crippen molar-refractivity contribution in [3.05, 3.63) is 0 Å². The van der Waals surface area contributed by atoms with Gasteiger partial charge in [-0.05, 0) is 31.6 Å². The molecule has 148 valence electrons. The fourth-order valence-electron chi connectivity index (χ4n) is 3.89. The summed E-state index contributed by atoms with van der Waals surface area (Å²) in [5.74, 6) is 0.317. The molecule has 0 saturated carbocycles. The summed E-state index contributed by atoms with van der Waals surface area (Å²) in [4.78, 5) is 12.2. The number of ether oxygens (including phenoxy) is 1. The molecule has 0 N–H and O–H groups in total. The van der Waals surface area contributed by atoms with E-state index in [1.807, 2.05) is 35.3 Å². The standard InChI is InChI=1S/C20H38O2S3/c1-6-7-8-9-10-11-12-13-14-15-17-18(16(2)19(21)22-17)20(23-3,24-4)25-5/h16-18H,6-15H2,1-5H3/t16-,17+,18-/m1/s1. The first-order valence-electron chi connectivity index (χ1n) is 9.92. The Balaban J connectivity index is 2.39. The normalized spacial score (nSPS) is 23.9. The minimum atomic E-state index is 0.00690. The van der Waals surface area contributed by atoms with Gasteiger partial charge in [0, 0.05) is 5.92 Å². The summed E-state index contributed by atoms with van der Waals surface area (Å²) < 4.78 is 5.81. The lowest BCUT2D eigenvalue weighted by molar-refractivity contribution is -0.144. The van der Waals surface area contributed by atoms with Crippen LogP contribution in [0.5, 0.6) is 0 Å². The van der Waals surface area contributed by atoms with Crippen LogP contribution in [0.4, 0.5) is 0 Å². The van der Waals surface area contributed by atoms with E-state index in [9.17, 15) is 4.79 Å². The predicted molar refractivity (Wildman–Crippen MR) is 118 cm³/mol. The van der Waals surface area contributed by atoms with Crippen molar-refractivity contribution in [2.45, 2.75) is 87.6 Å². The molecule has 1 rings (SSSR count). The predicted octanol–water partition coefficient (Wildman–Crippen LogP) is 6.83. The van der Waals surface area contributed by atoms with E-state index in [-0.39, 0.29) is 21.4 Å². The molecule has 0 amide bonds.